The number of benzene rings is 1. The first-order chi connectivity index (χ1) is 14.1. The molecule has 0 atom stereocenters. The second-order valence-corrected chi connectivity index (χ2v) is 7.52. The summed E-state index contributed by atoms with van der Waals surface area (Å²) >= 11 is 0. The number of hydrogen-bond donors (Lipinski definition) is 1. The van der Waals surface area contributed by atoms with E-state index < -0.39 is 0 Å². The van der Waals surface area contributed by atoms with Gasteiger partial charge in [0.05, 0.1) is 26.9 Å². The molecule has 3 rings (SSSR count). The van der Waals surface area contributed by atoms with Gasteiger partial charge in [0.25, 0.3) is 0 Å². The van der Waals surface area contributed by atoms with Crippen molar-refractivity contribution in [2.75, 3.05) is 73.2 Å². The van der Waals surface area contributed by atoms with Crippen LogP contribution in [0.4, 0.5) is 0 Å². The third-order valence-corrected chi connectivity index (χ3v) is 5.40. The summed E-state index contributed by atoms with van der Waals surface area (Å²) in [6, 6.07) is 6.22. The van der Waals surface area contributed by atoms with E-state index in [0.29, 0.717) is 39.4 Å². The van der Waals surface area contributed by atoms with Crippen LogP contribution in [0.25, 0.3) is 0 Å². The van der Waals surface area contributed by atoms with Crippen molar-refractivity contribution < 1.29 is 14.3 Å². The second kappa shape index (κ2) is 10.5. The number of aliphatic imine (C=N–C) groups is 1. The molecular weight excluding hydrogens is 370 g/mol. The third kappa shape index (κ3) is 6.08. The molecule has 2 fully saturated rings. The van der Waals surface area contributed by atoms with Crippen molar-refractivity contribution in [2.24, 2.45) is 4.99 Å². The van der Waals surface area contributed by atoms with E-state index in [0.717, 1.165) is 43.5 Å². The van der Waals surface area contributed by atoms with Crippen LogP contribution in [0.2, 0.25) is 0 Å². The molecule has 2 aliphatic heterocycles. The summed E-state index contributed by atoms with van der Waals surface area (Å²) in [5.74, 6) is 1.97. The minimum atomic E-state index is 0.206. The maximum Gasteiger partial charge on any atom is 0.236 e. The molecule has 0 unspecified atom stereocenters. The Morgan fingerprint density at radius 1 is 1.10 bits per heavy atom. The Hall–Kier alpha value is -2.32. The lowest BCUT2D eigenvalue weighted by atomic mass is 10.1. The SMILES string of the molecule is CN=C(NCc1cc(C)cc(OC)c1)N1CCN(CC(=O)N2CCOCC2)CC1. The highest BCUT2D eigenvalue weighted by Crippen LogP contribution is 2.16. The minimum absolute atomic E-state index is 0.206. The highest BCUT2D eigenvalue weighted by molar-refractivity contribution is 5.80. The van der Waals surface area contributed by atoms with Gasteiger partial charge in [0.1, 0.15) is 5.75 Å². The Kier molecular flexibility index (Phi) is 7.71. The molecule has 1 N–H and O–H groups in total. The molecule has 160 valence electrons. The van der Waals surface area contributed by atoms with Crippen LogP contribution in [0.1, 0.15) is 11.1 Å². The first-order valence-corrected chi connectivity index (χ1v) is 10.3. The van der Waals surface area contributed by atoms with Crippen molar-refractivity contribution >= 4 is 11.9 Å². The molecule has 0 radical (unpaired) electrons. The fraction of sp³-hybridized carbons (Fsp3) is 0.619. The molecule has 0 saturated carbocycles. The van der Waals surface area contributed by atoms with E-state index in [1.807, 2.05) is 24.1 Å². The molecule has 0 aliphatic carbocycles. The third-order valence-electron chi connectivity index (χ3n) is 5.40. The molecule has 1 amide bonds. The highest BCUT2D eigenvalue weighted by atomic mass is 16.5. The fourth-order valence-electron chi connectivity index (χ4n) is 3.78. The summed E-state index contributed by atoms with van der Waals surface area (Å²) in [6.45, 7) is 9.38. The smallest absolute Gasteiger partial charge is 0.236 e. The molecule has 0 aromatic heterocycles. The molecule has 1 aromatic rings. The average molecular weight is 404 g/mol. The van der Waals surface area contributed by atoms with Crippen LogP contribution in [-0.2, 0) is 16.1 Å². The lowest BCUT2D eigenvalue weighted by Gasteiger charge is -2.37. The van der Waals surface area contributed by atoms with Crippen LogP contribution in [-0.4, -0.2) is 99.8 Å². The Morgan fingerprint density at radius 3 is 2.48 bits per heavy atom. The topological polar surface area (TPSA) is 69.6 Å². The Balaban J connectivity index is 1.46. The monoisotopic (exact) mass is 403 g/mol. The van der Waals surface area contributed by atoms with E-state index in [-0.39, 0.29) is 5.91 Å². The zero-order chi connectivity index (χ0) is 20.6. The van der Waals surface area contributed by atoms with Gasteiger partial charge in [-0.2, -0.15) is 0 Å². The predicted octanol–water partition coefficient (Wildman–Crippen LogP) is 0.555. The van der Waals surface area contributed by atoms with Gasteiger partial charge in [0, 0.05) is 52.9 Å². The quantitative estimate of drug-likeness (QED) is 0.572. The van der Waals surface area contributed by atoms with Gasteiger partial charge < -0.3 is 24.6 Å². The van der Waals surface area contributed by atoms with Crippen molar-refractivity contribution in [1.82, 2.24) is 20.0 Å². The van der Waals surface area contributed by atoms with E-state index in [1.54, 1.807) is 7.11 Å². The number of carbonyl (C=O) groups is 1. The summed E-state index contributed by atoms with van der Waals surface area (Å²) in [4.78, 5) is 23.3. The fourth-order valence-corrected chi connectivity index (χ4v) is 3.78. The number of carbonyl (C=O) groups excluding carboxylic acids is 1. The van der Waals surface area contributed by atoms with Gasteiger partial charge in [-0.25, -0.2) is 0 Å². The molecule has 29 heavy (non-hydrogen) atoms. The number of guanidine groups is 1. The summed E-state index contributed by atoms with van der Waals surface area (Å²) in [6.07, 6.45) is 0. The van der Waals surface area contributed by atoms with Crippen LogP contribution in [0, 0.1) is 6.92 Å². The number of methoxy groups -OCH3 is 1. The number of piperazine rings is 1. The van der Waals surface area contributed by atoms with E-state index in [2.05, 4.69) is 33.1 Å². The maximum atomic E-state index is 12.4. The van der Waals surface area contributed by atoms with Gasteiger partial charge in [-0.15, -0.1) is 0 Å². The van der Waals surface area contributed by atoms with Crippen molar-refractivity contribution in [1.29, 1.82) is 0 Å². The normalized spacial score (nSPS) is 18.7. The maximum absolute atomic E-state index is 12.4. The first kappa shape index (κ1) is 21.4. The van der Waals surface area contributed by atoms with Gasteiger partial charge in [-0.05, 0) is 30.2 Å². The van der Waals surface area contributed by atoms with E-state index in [1.165, 1.54) is 5.56 Å². The van der Waals surface area contributed by atoms with Crippen LogP contribution in [0.5, 0.6) is 5.75 Å². The number of amides is 1. The number of aryl methyl sites for hydroxylation is 1. The van der Waals surface area contributed by atoms with Gasteiger partial charge in [-0.1, -0.05) is 6.07 Å². The average Bonchev–Trinajstić information content (AvgIpc) is 2.75. The Labute approximate surface area is 173 Å². The van der Waals surface area contributed by atoms with Gasteiger partial charge >= 0.3 is 0 Å². The molecule has 2 aliphatic rings. The largest absolute Gasteiger partial charge is 0.497 e. The Bertz CT molecular complexity index is 710. The number of morpholine rings is 1. The predicted molar refractivity (Wildman–Crippen MR) is 113 cm³/mol. The molecule has 8 heteroatoms. The summed E-state index contributed by atoms with van der Waals surface area (Å²) in [5, 5.41) is 3.45. The first-order valence-electron chi connectivity index (χ1n) is 10.3. The molecule has 2 saturated heterocycles. The van der Waals surface area contributed by atoms with E-state index in [4.69, 9.17) is 9.47 Å². The van der Waals surface area contributed by atoms with E-state index >= 15 is 0 Å². The van der Waals surface area contributed by atoms with Crippen LogP contribution in [0.15, 0.2) is 23.2 Å². The van der Waals surface area contributed by atoms with Crippen LogP contribution in [0.3, 0.4) is 0 Å². The van der Waals surface area contributed by atoms with Gasteiger partial charge in [0.2, 0.25) is 5.91 Å². The second-order valence-electron chi connectivity index (χ2n) is 7.52. The summed E-state index contributed by atoms with van der Waals surface area (Å²) in [5.41, 5.74) is 2.34. The molecular formula is C21H33N5O3. The molecule has 2 heterocycles. The standard InChI is InChI=1S/C21H33N5O3/c1-17-12-18(14-19(13-17)28-3)15-23-21(22-2)26-6-4-24(5-7-26)16-20(27)25-8-10-29-11-9-25/h12-14H,4-11,15-16H2,1-3H3,(H,22,23). The number of nitrogens with zero attached hydrogens (tertiary/aromatic N) is 4. The van der Waals surface area contributed by atoms with Crippen molar-refractivity contribution in [3.63, 3.8) is 0 Å². The van der Waals surface area contributed by atoms with Gasteiger partial charge in [0.15, 0.2) is 5.96 Å². The number of ether oxygens (including phenoxy) is 2. The molecule has 0 bridgehead atoms. The lowest BCUT2D eigenvalue weighted by Crippen LogP contribution is -2.54. The number of hydrogen-bond acceptors (Lipinski definition) is 5. The summed E-state index contributed by atoms with van der Waals surface area (Å²) < 4.78 is 10.7. The zero-order valence-corrected chi connectivity index (χ0v) is 17.8. The van der Waals surface area contributed by atoms with E-state index in [9.17, 15) is 4.79 Å². The zero-order valence-electron chi connectivity index (χ0n) is 17.8. The van der Waals surface area contributed by atoms with Crippen molar-refractivity contribution in [3.05, 3.63) is 29.3 Å². The lowest BCUT2D eigenvalue weighted by molar-refractivity contribution is -0.136. The Morgan fingerprint density at radius 2 is 1.83 bits per heavy atom. The highest BCUT2D eigenvalue weighted by Gasteiger charge is 2.24. The van der Waals surface area contributed by atoms with Crippen molar-refractivity contribution in [3.8, 4) is 5.75 Å². The van der Waals surface area contributed by atoms with Crippen molar-refractivity contribution in [2.45, 2.75) is 13.5 Å². The summed E-state index contributed by atoms with van der Waals surface area (Å²) in [7, 11) is 3.50. The molecule has 0 spiro atoms. The van der Waals surface area contributed by atoms with Gasteiger partial charge in [-0.3, -0.25) is 14.7 Å². The number of nitrogens with one attached hydrogen (secondary N) is 1. The molecule has 8 nitrogen and oxygen atoms in total. The van der Waals surface area contributed by atoms with Crippen LogP contribution < -0.4 is 10.1 Å². The van der Waals surface area contributed by atoms with Crippen LogP contribution >= 0.6 is 0 Å². The molecule has 1 aromatic carbocycles. The minimum Gasteiger partial charge on any atom is -0.497 e. The number of rotatable bonds is 5.